The second-order valence-corrected chi connectivity index (χ2v) is 5.30. The summed E-state index contributed by atoms with van der Waals surface area (Å²) in [6.45, 7) is 3.23. The van der Waals surface area contributed by atoms with E-state index in [1.807, 2.05) is 11.3 Å². The van der Waals surface area contributed by atoms with Crippen molar-refractivity contribution in [2.45, 2.75) is 25.8 Å². The first-order chi connectivity index (χ1) is 7.88. The van der Waals surface area contributed by atoms with Crippen LogP contribution in [-0.4, -0.2) is 6.54 Å². The zero-order chi connectivity index (χ0) is 11.0. The topological polar surface area (TPSA) is 25.2 Å². The van der Waals surface area contributed by atoms with Gasteiger partial charge in [0.05, 0.1) is 6.26 Å². The molecule has 0 radical (unpaired) electrons. The number of thiophene rings is 1. The predicted octanol–water partition coefficient (Wildman–Crippen LogP) is 3.14. The Morgan fingerprint density at radius 1 is 1.44 bits per heavy atom. The van der Waals surface area contributed by atoms with Crippen LogP contribution in [0, 0.1) is 0 Å². The van der Waals surface area contributed by atoms with Gasteiger partial charge < -0.3 is 9.73 Å². The van der Waals surface area contributed by atoms with Gasteiger partial charge in [0, 0.05) is 16.3 Å². The molecule has 1 aliphatic rings. The van der Waals surface area contributed by atoms with Crippen molar-refractivity contribution in [3.05, 3.63) is 45.5 Å². The van der Waals surface area contributed by atoms with Gasteiger partial charge in [-0.15, -0.1) is 11.3 Å². The molecule has 84 valence electrons. The highest BCUT2D eigenvalue weighted by molar-refractivity contribution is 7.12. The van der Waals surface area contributed by atoms with E-state index in [1.54, 1.807) is 6.26 Å². The normalized spacial score (nSPS) is 19.7. The van der Waals surface area contributed by atoms with Crippen molar-refractivity contribution < 1.29 is 4.42 Å². The third-order valence-corrected chi connectivity index (χ3v) is 4.40. The summed E-state index contributed by atoms with van der Waals surface area (Å²) >= 11 is 1.88. The average Bonchev–Trinajstić information content (AvgIpc) is 2.97. The minimum Gasteiger partial charge on any atom is -0.467 e. The van der Waals surface area contributed by atoms with Gasteiger partial charge in [-0.3, -0.25) is 0 Å². The molecule has 1 N–H and O–H groups in total. The van der Waals surface area contributed by atoms with Gasteiger partial charge in [-0.2, -0.15) is 0 Å². The van der Waals surface area contributed by atoms with Crippen LogP contribution in [-0.2, 0) is 12.8 Å². The zero-order valence-electron chi connectivity index (χ0n) is 9.32. The molecule has 3 heterocycles. The quantitative estimate of drug-likeness (QED) is 0.862. The summed E-state index contributed by atoms with van der Waals surface area (Å²) in [5.74, 6) is 1.11. The van der Waals surface area contributed by atoms with E-state index in [2.05, 4.69) is 30.4 Å². The summed E-state index contributed by atoms with van der Waals surface area (Å²) < 4.78 is 5.61. The van der Waals surface area contributed by atoms with E-state index in [9.17, 15) is 0 Å². The third kappa shape index (κ3) is 1.60. The van der Waals surface area contributed by atoms with E-state index in [0.29, 0.717) is 0 Å². The lowest BCUT2D eigenvalue weighted by Gasteiger charge is -2.21. The van der Waals surface area contributed by atoms with Crippen molar-refractivity contribution in [1.82, 2.24) is 5.32 Å². The molecule has 0 aliphatic carbocycles. The smallest absolute Gasteiger partial charge is 0.129 e. The van der Waals surface area contributed by atoms with Gasteiger partial charge in [0.2, 0.25) is 0 Å². The Morgan fingerprint density at radius 2 is 2.38 bits per heavy atom. The molecule has 0 saturated heterocycles. The van der Waals surface area contributed by atoms with Crippen LogP contribution in [0.5, 0.6) is 0 Å². The van der Waals surface area contributed by atoms with Crippen LogP contribution in [0.15, 0.2) is 28.9 Å². The first kappa shape index (κ1) is 10.1. The number of furan rings is 1. The van der Waals surface area contributed by atoms with Crippen molar-refractivity contribution in [1.29, 1.82) is 0 Å². The molecule has 0 fully saturated rings. The molecular weight excluding hydrogens is 218 g/mol. The maximum Gasteiger partial charge on any atom is 0.129 e. The Balaban J connectivity index is 1.97. The molecule has 3 heteroatoms. The fourth-order valence-electron chi connectivity index (χ4n) is 2.22. The van der Waals surface area contributed by atoms with Gasteiger partial charge in [-0.05, 0) is 36.6 Å². The largest absolute Gasteiger partial charge is 0.467 e. The summed E-state index contributed by atoms with van der Waals surface area (Å²) in [6.07, 6.45) is 4.00. The van der Waals surface area contributed by atoms with Crippen molar-refractivity contribution in [2.75, 3.05) is 6.54 Å². The maximum atomic E-state index is 5.61. The lowest BCUT2D eigenvalue weighted by Crippen LogP contribution is -2.28. The SMILES string of the molecule is CCc1ccc(C2NCCc3ccoc32)s1. The fourth-order valence-corrected chi connectivity index (χ4v) is 3.25. The van der Waals surface area contributed by atoms with Crippen LogP contribution < -0.4 is 5.32 Å². The Kier molecular flexibility index (Phi) is 2.58. The number of fused-ring (bicyclic) bond motifs is 1. The standard InChI is InChI=1S/C13H15NOS/c1-2-10-3-4-11(16-10)12-13-9(5-7-14-12)6-8-15-13/h3-4,6,8,12,14H,2,5,7H2,1H3. The molecule has 1 aliphatic heterocycles. The first-order valence-corrected chi connectivity index (χ1v) is 6.58. The van der Waals surface area contributed by atoms with Gasteiger partial charge in [0.15, 0.2) is 0 Å². The van der Waals surface area contributed by atoms with Crippen molar-refractivity contribution in [2.24, 2.45) is 0 Å². The van der Waals surface area contributed by atoms with Crippen molar-refractivity contribution in [3.63, 3.8) is 0 Å². The van der Waals surface area contributed by atoms with Crippen LogP contribution in [0.25, 0.3) is 0 Å². The van der Waals surface area contributed by atoms with E-state index >= 15 is 0 Å². The molecule has 0 saturated carbocycles. The number of nitrogens with one attached hydrogen (secondary N) is 1. The van der Waals surface area contributed by atoms with Crippen LogP contribution in [0.4, 0.5) is 0 Å². The van der Waals surface area contributed by atoms with Crippen LogP contribution >= 0.6 is 11.3 Å². The molecule has 0 amide bonds. The highest BCUT2D eigenvalue weighted by Gasteiger charge is 2.25. The lowest BCUT2D eigenvalue weighted by atomic mass is 10.0. The van der Waals surface area contributed by atoms with E-state index in [-0.39, 0.29) is 6.04 Å². The summed E-state index contributed by atoms with van der Waals surface area (Å²) in [5.41, 5.74) is 1.36. The van der Waals surface area contributed by atoms with Crippen molar-refractivity contribution in [3.8, 4) is 0 Å². The summed E-state index contributed by atoms with van der Waals surface area (Å²) in [5, 5.41) is 3.53. The third-order valence-electron chi connectivity index (χ3n) is 3.10. The fraction of sp³-hybridized carbons (Fsp3) is 0.385. The Morgan fingerprint density at radius 3 is 3.19 bits per heavy atom. The van der Waals surface area contributed by atoms with Gasteiger partial charge in [0.1, 0.15) is 11.8 Å². The number of hydrogen-bond acceptors (Lipinski definition) is 3. The molecule has 1 atom stereocenters. The summed E-state index contributed by atoms with van der Waals surface area (Å²) in [4.78, 5) is 2.81. The summed E-state index contributed by atoms with van der Waals surface area (Å²) in [7, 11) is 0. The molecule has 3 rings (SSSR count). The molecule has 2 nitrogen and oxygen atoms in total. The molecule has 0 bridgehead atoms. The van der Waals surface area contributed by atoms with Gasteiger partial charge >= 0.3 is 0 Å². The molecule has 2 aromatic heterocycles. The highest BCUT2D eigenvalue weighted by Crippen LogP contribution is 2.33. The van der Waals surface area contributed by atoms with Crippen molar-refractivity contribution >= 4 is 11.3 Å². The molecule has 2 aromatic rings. The minimum atomic E-state index is 0.268. The van der Waals surface area contributed by atoms with Gasteiger partial charge in [-0.25, -0.2) is 0 Å². The zero-order valence-corrected chi connectivity index (χ0v) is 10.1. The molecule has 16 heavy (non-hydrogen) atoms. The molecular formula is C13H15NOS. The number of aryl methyl sites for hydroxylation is 1. The van der Waals surface area contributed by atoms with E-state index in [4.69, 9.17) is 4.42 Å². The average molecular weight is 233 g/mol. The van der Waals surface area contributed by atoms with E-state index in [1.165, 1.54) is 15.3 Å². The molecule has 0 aromatic carbocycles. The number of rotatable bonds is 2. The minimum absolute atomic E-state index is 0.268. The van der Waals surface area contributed by atoms with Gasteiger partial charge in [0.25, 0.3) is 0 Å². The van der Waals surface area contributed by atoms with Crippen LogP contribution in [0.3, 0.4) is 0 Å². The predicted molar refractivity (Wildman–Crippen MR) is 66.0 cm³/mol. The monoisotopic (exact) mass is 233 g/mol. The number of hydrogen-bond donors (Lipinski definition) is 1. The van der Waals surface area contributed by atoms with Crippen LogP contribution in [0.1, 0.15) is 34.0 Å². The second-order valence-electron chi connectivity index (χ2n) is 4.10. The van der Waals surface area contributed by atoms with E-state index < -0.39 is 0 Å². The Hall–Kier alpha value is -1.06. The Labute approximate surface area is 99.3 Å². The Bertz CT molecular complexity index is 486. The molecule has 1 unspecified atom stereocenters. The maximum absolute atomic E-state index is 5.61. The van der Waals surface area contributed by atoms with Crippen LogP contribution in [0.2, 0.25) is 0 Å². The lowest BCUT2D eigenvalue weighted by molar-refractivity contribution is 0.428. The summed E-state index contributed by atoms with van der Waals surface area (Å²) in [6, 6.07) is 6.80. The second kappa shape index (κ2) is 4.07. The first-order valence-electron chi connectivity index (χ1n) is 5.76. The van der Waals surface area contributed by atoms with Gasteiger partial charge in [-0.1, -0.05) is 6.92 Å². The highest BCUT2D eigenvalue weighted by atomic mass is 32.1. The molecule has 0 spiro atoms. The van der Waals surface area contributed by atoms with E-state index in [0.717, 1.165) is 25.1 Å².